The lowest BCUT2D eigenvalue weighted by Gasteiger charge is -2.24. The maximum Gasteiger partial charge on any atom is 0.253 e. The van der Waals surface area contributed by atoms with Crippen molar-refractivity contribution in [2.75, 3.05) is 33.2 Å². The van der Waals surface area contributed by atoms with Crippen LogP contribution in [0.15, 0.2) is 41.2 Å². The molecule has 0 saturated carbocycles. The van der Waals surface area contributed by atoms with Gasteiger partial charge in [0.15, 0.2) is 0 Å². The van der Waals surface area contributed by atoms with Crippen molar-refractivity contribution >= 4 is 5.91 Å². The third-order valence-electron chi connectivity index (χ3n) is 6.78. The minimum Gasteiger partial charge on any atom is -0.344 e. The quantitative estimate of drug-likeness (QED) is 0.718. The van der Waals surface area contributed by atoms with Crippen molar-refractivity contribution in [3.8, 4) is 0 Å². The summed E-state index contributed by atoms with van der Waals surface area (Å²) in [5.41, 5.74) is 2.26. The number of rotatable bonds is 6. The van der Waals surface area contributed by atoms with Crippen molar-refractivity contribution in [2.45, 2.75) is 57.4 Å². The standard InChI is InChI=1S/C25H34N4O2/c1-19(20-9-5-3-6-10-20)16-27(2)25(31)18-28-14-12-21(17-28)22-15-24(30)29-13-8-4-7-11-23(29)26-22/h3,5-6,9-10,15,19,21H,4,7-8,11-14,16-18H2,1-2H3/t19-,21-/m0/s1. The molecule has 1 aromatic carbocycles. The molecule has 0 N–H and O–H groups in total. The summed E-state index contributed by atoms with van der Waals surface area (Å²) in [4.78, 5) is 34.4. The summed E-state index contributed by atoms with van der Waals surface area (Å²) < 4.78 is 1.86. The Morgan fingerprint density at radius 2 is 2.00 bits per heavy atom. The molecule has 6 heteroatoms. The molecule has 2 aromatic rings. The number of hydrogen-bond donors (Lipinski definition) is 0. The molecule has 1 fully saturated rings. The van der Waals surface area contributed by atoms with E-state index < -0.39 is 0 Å². The van der Waals surface area contributed by atoms with Gasteiger partial charge in [0.05, 0.1) is 12.2 Å². The number of nitrogens with zero attached hydrogens (tertiary/aromatic N) is 4. The number of fused-ring (bicyclic) bond motifs is 1. The number of likely N-dealkylation sites (tertiary alicyclic amines) is 1. The first-order chi connectivity index (χ1) is 15.0. The number of carbonyl (C=O) groups excluding carboxylic acids is 1. The van der Waals surface area contributed by atoms with Gasteiger partial charge in [-0.05, 0) is 37.3 Å². The van der Waals surface area contributed by atoms with Crippen LogP contribution in [-0.4, -0.2) is 58.5 Å². The molecule has 3 heterocycles. The van der Waals surface area contributed by atoms with Crippen molar-refractivity contribution in [1.29, 1.82) is 0 Å². The van der Waals surface area contributed by atoms with Gasteiger partial charge in [-0.2, -0.15) is 0 Å². The van der Waals surface area contributed by atoms with Gasteiger partial charge in [-0.15, -0.1) is 0 Å². The lowest BCUT2D eigenvalue weighted by Crippen LogP contribution is -2.39. The van der Waals surface area contributed by atoms with Crippen molar-refractivity contribution in [2.24, 2.45) is 0 Å². The molecular formula is C25H34N4O2. The number of carbonyl (C=O) groups is 1. The number of likely N-dealkylation sites (N-methyl/N-ethyl adjacent to an activating group) is 1. The number of hydrogen-bond acceptors (Lipinski definition) is 4. The first kappa shape index (κ1) is 21.8. The van der Waals surface area contributed by atoms with Crippen LogP contribution in [0.1, 0.15) is 61.5 Å². The van der Waals surface area contributed by atoms with Crippen LogP contribution in [0.2, 0.25) is 0 Å². The van der Waals surface area contributed by atoms with E-state index in [1.54, 1.807) is 6.07 Å². The highest BCUT2D eigenvalue weighted by Crippen LogP contribution is 2.26. The monoisotopic (exact) mass is 422 g/mol. The van der Waals surface area contributed by atoms with Gasteiger partial charge >= 0.3 is 0 Å². The number of aromatic nitrogens is 2. The van der Waals surface area contributed by atoms with Crippen LogP contribution in [0, 0.1) is 0 Å². The Hall–Kier alpha value is -2.47. The normalized spacial score (nSPS) is 20.1. The van der Waals surface area contributed by atoms with Crippen LogP contribution in [-0.2, 0) is 17.8 Å². The van der Waals surface area contributed by atoms with Crippen LogP contribution in [0.3, 0.4) is 0 Å². The Balaban J connectivity index is 1.34. The average molecular weight is 423 g/mol. The van der Waals surface area contributed by atoms with Gasteiger partial charge in [-0.25, -0.2) is 4.98 Å². The van der Waals surface area contributed by atoms with E-state index in [1.807, 2.05) is 34.7 Å². The molecule has 0 spiro atoms. The smallest absolute Gasteiger partial charge is 0.253 e. The molecule has 6 nitrogen and oxygen atoms in total. The fourth-order valence-electron chi connectivity index (χ4n) is 4.87. The molecule has 166 valence electrons. The average Bonchev–Trinajstić information content (AvgIpc) is 3.10. The molecule has 1 saturated heterocycles. The minimum atomic E-state index is 0.0889. The van der Waals surface area contributed by atoms with Gasteiger partial charge < -0.3 is 4.90 Å². The fourth-order valence-corrected chi connectivity index (χ4v) is 4.87. The SMILES string of the molecule is C[C@@H](CN(C)C(=O)CN1CC[C@H](c2cc(=O)n3c(n2)CCCCC3)C1)c1ccccc1. The second-order valence-corrected chi connectivity index (χ2v) is 9.20. The number of amides is 1. The minimum absolute atomic E-state index is 0.0889. The van der Waals surface area contributed by atoms with E-state index in [0.29, 0.717) is 19.0 Å². The summed E-state index contributed by atoms with van der Waals surface area (Å²) in [7, 11) is 1.89. The Morgan fingerprint density at radius 3 is 2.81 bits per heavy atom. The largest absolute Gasteiger partial charge is 0.344 e. The van der Waals surface area contributed by atoms with Crippen molar-refractivity contribution in [3.05, 3.63) is 63.8 Å². The summed E-state index contributed by atoms with van der Waals surface area (Å²) in [6.45, 7) is 5.76. The molecule has 0 unspecified atom stereocenters. The van der Waals surface area contributed by atoms with E-state index >= 15 is 0 Å². The molecule has 0 bridgehead atoms. The Kier molecular flexibility index (Phi) is 6.86. The third kappa shape index (κ3) is 5.24. The molecule has 0 aliphatic carbocycles. The second kappa shape index (κ2) is 9.77. The summed E-state index contributed by atoms with van der Waals surface area (Å²) in [6.07, 6.45) is 5.17. The molecular weight excluding hydrogens is 388 g/mol. The molecule has 2 aliphatic heterocycles. The first-order valence-corrected chi connectivity index (χ1v) is 11.6. The van der Waals surface area contributed by atoms with Gasteiger partial charge in [0.2, 0.25) is 5.91 Å². The fraction of sp³-hybridized carbons (Fsp3) is 0.560. The van der Waals surface area contributed by atoms with Gasteiger partial charge in [0.25, 0.3) is 5.56 Å². The molecule has 1 amide bonds. The molecule has 2 aliphatic rings. The molecule has 31 heavy (non-hydrogen) atoms. The summed E-state index contributed by atoms with van der Waals surface area (Å²) >= 11 is 0. The van der Waals surface area contributed by atoms with Crippen molar-refractivity contribution < 1.29 is 4.79 Å². The lowest BCUT2D eigenvalue weighted by molar-refractivity contribution is -0.131. The van der Waals surface area contributed by atoms with Crippen molar-refractivity contribution in [3.63, 3.8) is 0 Å². The van der Waals surface area contributed by atoms with Crippen LogP contribution in [0.25, 0.3) is 0 Å². The number of benzene rings is 1. The highest BCUT2D eigenvalue weighted by molar-refractivity contribution is 5.78. The van der Waals surface area contributed by atoms with Crippen molar-refractivity contribution in [1.82, 2.24) is 19.4 Å². The van der Waals surface area contributed by atoms with E-state index in [9.17, 15) is 9.59 Å². The topological polar surface area (TPSA) is 58.4 Å². The highest BCUT2D eigenvalue weighted by Gasteiger charge is 2.28. The molecule has 4 rings (SSSR count). The van der Waals surface area contributed by atoms with E-state index in [2.05, 4.69) is 24.0 Å². The Bertz CT molecular complexity index is 956. The zero-order valence-electron chi connectivity index (χ0n) is 18.8. The van der Waals surface area contributed by atoms with Gasteiger partial charge in [0.1, 0.15) is 5.82 Å². The van der Waals surface area contributed by atoms with E-state index in [0.717, 1.165) is 63.3 Å². The third-order valence-corrected chi connectivity index (χ3v) is 6.78. The first-order valence-electron chi connectivity index (χ1n) is 11.6. The summed E-state index contributed by atoms with van der Waals surface area (Å²) in [5, 5.41) is 0. The zero-order valence-corrected chi connectivity index (χ0v) is 18.8. The molecule has 0 radical (unpaired) electrons. The summed E-state index contributed by atoms with van der Waals surface area (Å²) in [5.74, 6) is 1.64. The molecule has 2 atom stereocenters. The zero-order chi connectivity index (χ0) is 21.8. The number of aryl methyl sites for hydroxylation is 1. The van der Waals surface area contributed by atoms with E-state index in [4.69, 9.17) is 4.98 Å². The lowest BCUT2D eigenvalue weighted by atomic mass is 10.0. The van der Waals surface area contributed by atoms with E-state index in [1.165, 1.54) is 5.56 Å². The summed E-state index contributed by atoms with van der Waals surface area (Å²) in [6, 6.07) is 12.1. The van der Waals surface area contributed by atoms with Gasteiger partial charge in [-0.3, -0.25) is 19.1 Å². The Labute approximate surface area is 184 Å². The molecule has 1 aromatic heterocycles. The van der Waals surface area contributed by atoms with Crippen LogP contribution < -0.4 is 5.56 Å². The van der Waals surface area contributed by atoms with Crippen LogP contribution in [0.5, 0.6) is 0 Å². The van der Waals surface area contributed by atoms with Crippen LogP contribution in [0.4, 0.5) is 0 Å². The van der Waals surface area contributed by atoms with Gasteiger partial charge in [0, 0.05) is 45.1 Å². The maximum atomic E-state index is 12.8. The maximum absolute atomic E-state index is 12.8. The predicted octanol–water partition coefficient (Wildman–Crippen LogP) is 3.02. The Morgan fingerprint density at radius 1 is 1.19 bits per heavy atom. The highest BCUT2D eigenvalue weighted by atomic mass is 16.2. The van der Waals surface area contributed by atoms with E-state index in [-0.39, 0.29) is 17.4 Å². The van der Waals surface area contributed by atoms with Crippen LogP contribution >= 0.6 is 0 Å². The predicted molar refractivity (Wildman–Crippen MR) is 122 cm³/mol. The second-order valence-electron chi connectivity index (χ2n) is 9.20. The van der Waals surface area contributed by atoms with Gasteiger partial charge in [-0.1, -0.05) is 43.7 Å².